The van der Waals surface area contributed by atoms with Crippen LogP contribution in [-0.2, 0) is 11.3 Å². The van der Waals surface area contributed by atoms with Crippen molar-refractivity contribution in [3.63, 3.8) is 0 Å². The molecule has 154 valence electrons. The fourth-order valence-corrected chi connectivity index (χ4v) is 4.18. The molecule has 0 spiro atoms. The molecule has 0 fully saturated rings. The molecule has 4 rings (SSSR count). The maximum absolute atomic E-state index is 13.1. The van der Waals surface area contributed by atoms with Gasteiger partial charge in [-0.1, -0.05) is 11.6 Å². The molecular formula is C24H24N2O4. The van der Waals surface area contributed by atoms with Gasteiger partial charge in [0.25, 0.3) is 11.5 Å². The molecule has 6 heteroatoms. The molecule has 0 aliphatic carbocycles. The zero-order chi connectivity index (χ0) is 21.6. The number of ether oxygens (including phenoxy) is 1. The number of hydrogen-bond donors (Lipinski definition) is 0. The summed E-state index contributed by atoms with van der Waals surface area (Å²) in [5, 5.41) is 0.974. The number of likely N-dealkylation sites (N-methyl/N-ethyl adjacent to an activating group) is 1. The summed E-state index contributed by atoms with van der Waals surface area (Å²) in [4.78, 5) is 39.6. The molecular weight excluding hydrogens is 380 g/mol. The summed E-state index contributed by atoms with van der Waals surface area (Å²) in [6, 6.07) is 10.7. The van der Waals surface area contributed by atoms with Crippen LogP contribution in [0.5, 0.6) is 5.75 Å². The number of hydrogen-bond acceptors (Lipinski definition) is 4. The Labute approximate surface area is 174 Å². The first-order valence-electron chi connectivity index (χ1n) is 10.0. The van der Waals surface area contributed by atoms with Gasteiger partial charge < -0.3 is 14.2 Å². The number of carbonyl (C=O) groups excluding carboxylic acids is 2. The van der Waals surface area contributed by atoms with Crippen molar-refractivity contribution in [3.8, 4) is 5.75 Å². The highest BCUT2D eigenvalue weighted by Crippen LogP contribution is 2.33. The first-order valence-corrected chi connectivity index (χ1v) is 10.0. The average Bonchev–Trinajstić information content (AvgIpc) is 2.70. The monoisotopic (exact) mass is 404 g/mol. The molecule has 0 saturated heterocycles. The topological polar surface area (TPSA) is 68.6 Å². The number of rotatable bonds is 4. The molecule has 1 amide bonds. The third kappa shape index (κ3) is 3.28. The third-order valence-electron chi connectivity index (χ3n) is 5.59. The Bertz CT molecular complexity index is 1260. The van der Waals surface area contributed by atoms with E-state index in [1.807, 2.05) is 39.8 Å². The van der Waals surface area contributed by atoms with Gasteiger partial charge in [0, 0.05) is 23.6 Å². The van der Waals surface area contributed by atoms with Crippen molar-refractivity contribution in [1.82, 2.24) is 4.57 Å². The van der Waals surface area contributed by atoms with Gasteiger partial charge in [0.2, 0.25) is 0 Å². The van der Waals surface area contributed by atoms with E-state index in [2.05, 4.69) is 0 Å². The van der Waals surface area contributed by atoms with Crippen molar-refractivity contribution in [2.45, 2.75) is 34.2 Å². The highest BCUT2D eigenvalue weighted by molar-refractivity contribution is 6.02. The molecule has 0 radical (unpaired) electrons. The lowest BCUT2D eigenvalue weighted by molar-refractivity contribution is -0.121. The van der Waals surface area contributed by atoms with E-state index in [9.17, 15) is 14.4 Å². The quantitative estimate of drug-likeness (QED) is 0.624. The van der Waals surface area contributed by atoms with Crippen molar-refractivity contribution in [2.75, 3.05) is 18.1 Å². The lowest BCUT2D eigenvalue weighted by atomic mass is 10.0. The predicted molar refractivity (Wildman–Crippen MR) is 117 cm³/mol. The van der Waals surface area contributed by atoms with Crippen LogP contribution in [0, 0.1) is 20.8 Å². The predicted octanol–water partition coefficient (Wildman–Crippen LogP) is 3.55. The molecule has 2 aromatic carbocycles. The van der Waals surface area contributed by atoms with Crippen LogP contribution in [0.25, 0.3) is 10.9 Å². The van der Waals surface area contributed by atoms with Gasteiger partial charge in [-0.2, -0.15) is 0 Å². The zero-order valence-corrected chi connectivity index (χ0v) is 17.6. The van der Waals surface area contributed by atoms with Crippen LogP contribution in [0.4, 0.5) is 5.69 Å². The van der Waals surface area contributed by atoms with Crippen molar-refractivity contribution in [1.29, 1.82) is 0 Å². The number of pyridine rings is 1. The van der Waals surface area contributed by atoms with Gasteiger partial charge in [0.05, 0.1) is 17.7 Å². The normalized spacial score (nSPS) is 13.3. The molecule has 0 bridgehead atoms. The number of ketones is 1. The molecule has 0 unspecified atom stereocenters. The largest absolute Gasteiger partial charge is 0.482 e. The number of aromatic nitrogens is 1. The number of amides is 1. The van der Waals surface area contributed by atoms with Crippen molar-refractivity contribution in [2.24, 2.45) is 0 Å². The summed E-state index contributed by atoms with van der Waals surface area (Å²) >= 11 is 0. The lowest BCUT2D eigenvalue weighted by Crippen LogP contribution is -2.38. The van der Waals surface area contributed by atoms with Gasteiger partial charge in [-0.25, -0.2) is 0 Å². The number of Topliss-reactive ketones (excluding diaryl/α,β-unsaturated/α-hetero) is 1. The van der Waals surface area contributed by atoms with Gasteiger partial charge >= 0.3 is 0 Å². The van der Waals surface area contributed by atoms with E-state index in [1.165, 1.54) is 4.57 Å². The van der Waals surface area contributed by atoms with Crippen molar-refractivity contribution in [3.05, 3.63) is 69.0 Å². The lowest BCUT2D eigenvalue weighted by Gasteiger charge is -2.28. The highest BCUT2D eigenvalue weighted by Gasteiger charge is 2.25. The van der Waals surface area contributed by atoms with E-state index in [1.54, 1.807) is 29.2 Å². The SMILES string of the molecule is CCN1C(=O)COc2ccc(C(=O)Cn3c(=O)cc(C)c4cc(C)cc(C)c43)cc21. The maximum atomic E-state index is 13.1. The number of anilines is 1. The van der Waals surface area contributed by atoms with Crippen LogP contribution in [0.2, 0.25) is 0 Å². The maximum Gasteiger partial charge on any atom is 0.265 e. The summed E-state index contributed by atoms with van der Waals surface area (Å²) in [5.74, 6) is 0.248. The molecule has 3 aromatic rings. The van der Waals surface area contributed by atoms with Crippen LogP contribution >= 0.6 is 0 Å². The fraction of sp³-hybridized carbons (Fsp3) is 0.292. The number of benzene rings is 2. The van der Waals surface area contributed by atoms with Crippen LogP contribution in [0.3, 0.4) is 0 Å². The van der Waals surface area contributed by atoms with Gasteiger partial charge in [0.1, 0.15) is 5.75 Å². The molecule has 1 aliphatic heterocycles. The third-order valence-corrected chi connectivity index (χ3v) is 5.59. The van der Waals surface area contributed by atoms with Crippen LogP contribution < -0.4 is 15.2 Å². The highest BCUT2D eigenvalue weighted by atomic mass is 16.5. The second-order valence-corrected chi connectivity index (χ2v) is 7.76. The summed E-state index contributed by atoms with van der Waals surface area (Å²) in [7, 11) is 0. The molecule has 1 aliphatic rings. The summed E-state index contributed by atoms with van der Waals surface area (Å²) < 4.78 is 7.02. The van der Waals surface area contributed by atoms with Crippen molar-refractivity contribution < 1.29 is 14.3 Å². The van der Waals surface area contributed by atoms with Crippen LogP contribution in [0.15, 0.2) is 41.2 Å². The number of aryl methyl sites for hydroxylation is 3. The first-order chi connectivity index (χ1) is 14.3. The Morgan fingerprint density at radius 2 is 1.80 bits per heavy atom. The fourth-order valence-electron chi connectivity index (χ4n) is 4.18. The second kappa shape index (κ2) is 7.44. The summed E-state index contributed by atoms with van der Waals surface area (Å²) in [6.45, 7) is 8.18. The summed E-state index contributed by atoms with van der Waals surface area (Å²) in [6.07, 6.45) is 0. The van der Waals surface area contributed by atoms with Gasteiger partial charge in [-0.3, -0.25) is 14.4 Å². The second-order valence-electron chi connectivity index (χ2n) is 7.76. The number of nitrogens with zero attached hydrogens (tertiary/aromatic N) is 2. The van der Waals surface area contributed by atoms with Crippen LogP contribution in [0.1, 0.15) is 34.0 Å². The average molecular weight is 404 g/mol. The standard InChI is InChI=1S/C24H24N2O4/c1-5-25-19-11-17(6-7-21(19)30-13-23(25)29)20(27)12-26-22(28)10-15(3)18-9-14(2)8-16(4)24(18)26/h6-11H,5,12-13H2,1-4H3. The molecule has 1 aromatic heterocycles. The Hall–Kier alpha value is -3.41. The minimum absolute atomic E-state index is 0.00240. The molecule has 30 heavy (non-hydrogen) atoms. The van der Waals surface area contributed by atoms with E-state index in [-0.39, 0.29) is 30.4 Å². The number of carbonyl (C=O) groups is 2. The Morgan fingerprint density at radius 1 is 1.03 bits per heavy atom. The molecule has 0 N–H and O–H groups in total. The Balaban J connectivity index is 1.77. The minimum atomic E-state index is -0.202. The van der Waals surface area contributed by atoms with Crippen LogP contribution in [-0.4, -0.2) is 29.4 Å². The van der Waals surface area contributed by atoms with Gasteiger partial charge in [0.15, 0.2) is 12.4 Å². The minimum Gasteiger partial charge on any atom is -0.482 e. The molecule has 0 atom stereocenters. The molecule has 2 heterocycles. The zero-order valence-electron chi connectivity index (χ0n) is 17.6. The van der Waals surface area contributed by atoms with Gasteiger partial charge in [-0.15, -0.1) is 0 Å². The van der Waals surface area contributed by atoms with E-state index in [4.69, 9.17) is 4.74 Å². The number of fused-ring (bicyclic) bond motifs is 2. The van der Waals surface area contributed by atoms with E-state index in [0.29, 0.717) is 23.5 Å². The summed E-state index contributed by atoms with van der Waals surface area (Å²) in [5.41, 5.74) is 4.58. The Morgan fingerprint density at radius 3 is 2.53 bits per heavy atom. The molecule has 0 saturated carbocycles. The van der Waals surface area contributed by atoms with E-state index in [0.717, 1.165) is 27.6 Å². The molecule has 6 nitrogen and oxygen atoms in total. The van der Waals surface area contributed by atoms with E-state index < -0.39 is 0 Å². The smallest absolute Gasteiger partial charge is 0.265 e. The van der Waals surface area contributed by atoms with Crippen molar-refractivity contribution >= 4 is 28.3 Å². The van der Waals surface area contributed by atoms with E-state index >= 15 is 0 Å². The Kier molecular flexibility index (Phi) is 4.94. The van der Waals surface area contributed by atoms with Gasteiger partial charge in [-0.05, 0) is 63.1 Å². The first kappa shape index (κ1) is 19.9.